The van der Waals surface area contributed by atoms with Crippen LogP contribution < -0.4 is 10.2 Å². The quantitative estimate of drug-likeness (QED) is 0.878. The molecule has 0 radical (unpaired) electrons. The number of aromatic nitrogens is 1. The third-order valence-electron chi connectivity index (χ3n) is 4.48. The number of hydrogen-bond acceptors (Lipinski definition) is 4. The van der Waals surface area contributed by atoms with Crippen molar-refractivity contribution < 1.29 is 4.79 Å². The van der Waals surface area contributed by atoms with Gasteiger partial charge in [-0.2, -0.15) is 0 Å². The van der Waals surface area contributed by atoms with Crippen LogP contribution in [0.3, 0.4) is 0 Å². The van der Waals surface area contributed by atoms with E-state index in [1.165, 1.54) is 22.1 Å². The summed E-state index contributed by atoms with van der Waals surface area (Å²) in [5, 5.41) is 4.47. The number of nitrogens with one attached hydrogen (secondary N) is 1. The lowest BCUT2D eigenvalue weighted by molar-refractivity contribution is -0.119. The Bertz CT molecular complexity index is 768. The molecule has 22 heavy (non-hydrogen) atoms. The van der Waals surface area contributed by atoms with Gasteiger partial charge in [0.25, 0.3) is 0 Å². The van der Waals surface area contributed by atoms with Gasteiger partial charge in [0, 0.05) is 23.6 Å². The van der Waals surface area contributed by atoms with Crippen LogP contribution >= 0.6 is 11.8 Å². The van der Waals surface area contributed by atoms with Crippen molar-refractivity contribution in [2.45, 2.75) is 26.3 Å². The number of rotatable bonds is 1. The second-order valence-corrected chi connectivity index (χ2v) is 7.16. The molecule has 4 rings (SSSR count). The zero-order valence-corrected chi connectivity index (χ0v) is 13.7. The van der Waals surface area contributed by atoms with Crippen LogP contribution in [-0.4, -0.2) is 35.1 Å². The summed E-state index contributed by atoms with van der Waals surface area (Å²) in [4.78, 5) is 19.4. The largest absolute Gasteiger partial charge is 0.296 e. The lowest BCUT2D eigenvalue weighted by Gasteiger charge is -2.20. The van der Waals surface area contributed by atoms with E-state index in [0.29, 0.717) is 0 Å². The molecule has 1 N–H and O–H groups in total. The van der Waals surface area contributed by atoms with Crippen LogP contribution in [0.4, 0.5) is 5.82 Å². The summed E-state index contributed by atoms with van der Waals surface area (Å²) in [6.45, 7) is 4.96. The number of hydrogen-bond donors (Lipinski definition) is 1. The Morgan fingerprint density at radius 2 is 2.23 bits per heavy atom. The number of benzene rings is 1. The predicted molar refractivity (Wildman–Crippen MR) is 91.5 cm³/mol. The Morgan fingerprint density at radius 1 is 1.36 bits per heavy atom. The summed E-state index contributed by atoms with van der Waals surface area (Å²) in [5.74, 6) is 2.75. The van der Waals surface area contributed by atoms with Crippen molar-refractivity contribution in [2.75, 3.05) is 23.1 Å². The molecule has 0 aliphatic carbocycles. The first-order valence-corrected chi connectivity index (χ1v) is 8.82. The maximum absolute atomic E-state index is 12.7. The number of carbonyl (C=O) groups excluding carboxylic acids is 1. The van der Waals surface area contributed by atoms with Crippen molar-refractivity contribution >= 4 is 34.4 Å². The molecule has 1 saturated heterocycles. The number of anilines is 1. The number of aryl methyl sites for hydroxylation is 2. The first-order valence-electron chi connectivity index (χ1n) is 7.67. The highest BCUT2D eigenvalue weighted by atomic mass is 32.2. The molecule has 3 heterocycles. The van der Waals surface area contributed by atoms with Crippen molar-refractivity contribution in [3.8, 4) is 0 Å². The number of carbonyl (C=O) groups is 1. The van der Waals surface area contributed by atoms with E-state index in [1.54, 1.807) is 11.8 Å². The minimum absolute atomic E-state index is 0.0623. The third-order valence-corrected chi connectivity index (χ3v) is 5.42. The summed E-state index contributed by atoms with van der Waals surface area (Å²) in [6, 6.07) is 6.45. The van der Waals surface area contributed by atoms with Gasteiger partial charge in [-0.3, -0.25) is 15.0 Å². The number of nitrogens with zero attached hydrogens (tertiary/aromatic N) is 2. The topological polar surface area (TPSA) is 45.2 Å². The van der Waals surface area contributed by atoms with Crippen LogP contribution in [-0.2, 0) is 11.2 Å². The monoisotopic (exact) mass is 313 g/mol. The fraction of sp³-hybridized carbons (Fsp3) is 0.412. The fourth-order valence-corrected chi connectivity index (χ4v) is 4.31. The highest BCUT2D eigenvalue weighted by Crippen LogP contribution is 2.32. The molecule has 2 aromatic rings. The minimum atomic E-state index is -0.0623. The molecular formula is C17H19N3OS. The lowest BCUT2D eigenvalue weighted by Crippen LogP contribution is -2.44. The van der Waals surface area contributed by atoms with Crippen LogP contribution in [0.25, 0.3) is 10.9 Å². The number of thioether (sulfide) groups is 1. The van der Waals surface area contributed by atoms with Crippen molar-refractivity contribution in [2.24, 2.45) is 0 Å². The molecule has 1 amide bonds. The van der Waals surface area contributed by atoms with Gasteiger partial charge in [-0.05, 0) is 49.1 Å². The Balaban J connectivity index is 1.77. The van der Waals surface area contributed by atoms with E-state index in [0.717, 1.165) is 35.9 Å². The summed E-state index contributed by atoms with van der Waals surface area (Å²) in [6.07, 6.45) is 0.900. The van der Waals surface area contributed by atoms with Gasteiger partial charge in [0.15, 0.2) is 0 Å². The van der Waals surface area contributed by atoms with Gasteiger partial charge in [-0.25, -0.2) is 4.98 Å². The molecule has 0 bridgehead atoms. The molecule has 4 nitrogen and oxygen atoms in total. The molecule has 1 atom stereocenters. The van der Waals surface area contributed by atoms with Crippen molar-refractivity contribution in [1.82, 2.24) is 10.3 Å². The van der Waals surface area contributed by atoms with Gasteiger partial charge in [0.2, 0.25) is 5.91 Å². The molecule has 0 spiro atoms. The number of pyridine rings is 1. The Kier molecular flexibility index (Phi) is 3.35. The molecule has 2 aliphatic rings. The van der Waals surface area contributed by atoms with E-state index < -0.39 is 0 Å². The van der Waals surface area contributed by atoms with Crippen molar-refractivity contribution in [3.05, 3.63) is 34.9 Å². The second-order valence-electron chi connectivity index (χ2n) is 6.13. The normalized spacial score (nSPS) is 20.6. The Labute approximate surface area is 134 Å². The summed E-state index contributed by atoms with van der Waals surface area (Å²) in [7, 11) is 0. The van der Waals surface area contributed by atoms with E-state index in [2.05, 4.69) is 37.4 Å². The Hall–Kier alpha value is -1.59. The van der Waals surface area contributed by atoms with E-state index in [4.69, 9.17) is 4.98 Å². The Morgan fingerprint density at radius 3 is 3.00 bits per heavy atom. The molecule has 1 aromatic heterocycles. The van der Waals surface area contributed by atoms with Crippen LogP contribution in [0.15, 0.2) is 18.2 Å². The lowest BCUT2D eigenvalue weighted by atomic mass is 10.0. The maximum Gasteiger partial charge on any atom is 0.246 e. The summed E-state index contributed by atoms with van der Waals surface area (Å²) >= 11 is 1.78. The fourth-order valence-electron chi connectivity index (χ4n) is 3.37. The SMILES string of the molecule is Cc1cc(C)c2cc3c(nc2c1)N(C(=O)C1CSCN1)CC3. The van der Waals surface area contributed by atoms with Crippen LogP contribution in [0, 0.1) is 13.8 Å². The van der Waals surface area contributed by atoms with E-state index in [9.17, 15) is 4.79 Å². The van der Waals surface area contributed by atoms with E-state index in [1.807, 2.05) is 4.90 Å². The first-order chi connectivity index (χ1) is 10.6. The van der Waals surface area contributed by atoms with Gasteiger partial charge in [0.1, 0.15) is 5.82 Å². The van der Waals surface area contributed by atoms with E-state index in [-0.39, 0.29) is 11.9 Å². The number of amides is 1. The van der Waals surface area contributed by atoms with Gasteiger partial charge in [-0.1, -0.05) is 6.07 Å². The molecule has 2 aliphatic heterocycles. The minimum Gasteiger partial charge on any atom is -0.296 e. The molecule has 0 saturated carbocycles. The smallest absolute Gasteiger partial charge is 0.246 e. The summed E-state index contributed by atoms with van der Waals surface area (Å²) in [5.41, 5.74) is 4.65. The van der Waals surface area contributed by atoms with Gasteiger partial charge in [-0.15, -0.1) is 11.8 Å². The standard InChI is InChI=1S/C17H19N3OS/c1-10-5-11(2)13-7-12-3-4-20(16(12)19-14(13)6-10)17(21)15-8-22-9-18-15/h5-7,15,18H,3-4,8-9H2,1-2H3. The molecule has 5 heteroatoms. The van der Waals surface area contributed by atoms with Crippen molar-refractivity contribution in [1.29, 1.82) is 0 Å². The van der Waals surface area contributed by atoms with Crippen LogP contribution in [0.1, 0.15) is 16.7 Å². The predicted octanol–water partition coefficient (Wildman–Crippen LogP) is 2.40. The second kappa shape index (κ2) is 5.25. The third kappa shape index (κ3) is 2.20. The average molecular weight is 313 g/mol. The van der Waals surface area contributed by atoms with Crippen LogP contribution in [0.5, 0.6) is 0 Å². The highest BCUT2D eigenvalue weighted by molar-refractivity contribution is 7.99. The molecule has 1 fully saturated rings. The molecule has 1 aromatic carbocycles. The molecule has 1 unspecified atom stereocenters. The maximum atomic E-state index is 12.7. The first kappa shape index (κ1) is 14.0. The van der Waals surface area contributed by atoms with Gasteiger partial charge in [0.05, 0.1) is 11.6 Å². The van der Waals surface area contributed by atoms with E-state index >= 15 is 0 Å². The van der Waals surface area contributed by atoms with Gasteiger partial charge < -0.3 is 0 Å². The molecule has 114 valence electrons. The van der Waals surface area contributed by atoms with Crippen LogP contribution in [0.2, 0.25) is 0 Å². The van der Waals surface area contributed by atoms with Gasteiger partial charge >= 0.3 is 0 Å². The summed E-state index contributed by atoms with van der Waals surface area (Å²) < 4.78 is 0. The number of fused-ring (bicyclic) bond motifs is 2. The zero-order chi connectivity index (χ0) is 15.3. The highest BCUT2D eigenvalue weighted by Gasteiger charge is 2.33. The zero-order valence-electron chi connectivity index (χ0n) is 12.8. The van der Waals surface area contributed by atoms with Crippen molar-refractivity contribution in [3.63, 3.8) is 0 Å². The average Bonchev–Trinajstić information content (AvgIpc) is 3.14. The molecular weight excluding hydrogens is 294 g/mol.